The zero-order valence-electron chi connectivity index (χ0n) is 7.36. The van der Waals surface area contributed by atoms with E-state index in [-0.39, 0.29) is 0 Å². The molecule has 0 spiro atoms. The van der Waals surface area contributed by atoms with E-state index in [1.807, 2.05) is 0 Å². The van der Waals surface area contributed by atoms with Gasteiger partial charge in [-0.15, -0.1) is 0 Å². The molecule has 2 unspecified atom stereocenters. The molecule has 0 aromatic rings. The van der Waals surface area contributed by atoms with Crippen molar-refractivity contribution in [3.63, 3.8) is 0 Å². The smallest absolute Gasteiger partial charge is 0.277 e. The maximum atomic E-state index is 13.3. The van der Waals surface area contributed by atoms with Crippen LogP contribution in [-0.2, 0) is 10.1 Å². The second kappa shape index (κ2) is 2.92. The van der Waals surface area contributed by atoms with Crippen molar-refractivity contribution in [2.45, 2.75) is 24.8 Å². The third kappa shape index (κ3) is 1.66. The molecule has 1 rings (SSSR count). The third-order valence-corrected chi connectivity index (χ3v) is 3.66. The highest BCUT2D eigenvalue weighted by atomic mass is 32.2. The largest absolute Gasteiger partial charge is 0.285 e. The quantitative estimate of drug-likeness (QED) is 0.661. The molecule has 0 aromatic carbocycles. The van der Waals surface area contributed by atoms with Gasteiger partial charge in [0.25, 0.3) is 10.1 Å². The van der Waals surface area contributed by atoms with Gasteiger partial charge in [0.15, 0.2) is 0 Å². The summed E-state index contributed by atoms with van der Waals surface area (Å²) < 4.78 is 42.0. The van der Waals surface area contributed by atoms with Gasteiger partial charge in [0.2, 0.25) is 0 Å². The summed E-state index contributed by atoms with van der Waals surface area (Å²) in [5, 5.41) is 0. The molecule has 1 aliphatic rings. The molecule has 0 fully saturated rings. The van der Waals surface area contributed by atoms with Crippen LogP contribution in [0.15, 0.2) is 23.8 Å². The molecule has 0 aromatic heterocycles. The Balaban J connectivity index is 3.18. The average molecular weight is 206 g/mol. The van der Waals surface area contributed by atoms with Crippen molar-refractivity contribution in [1.82, 2.24) is 0 Å². The summed E-state index contributed by atoms with van der Waals surface area (Å²) >= 11 is 0. The van der Waals surface area contributed by atoms with Crippen LogP contribution in [0.1, 0.15) is 13.8 Å². The monoisotopic (exact) mass is 206 g/mol. The molecule has 1 N–H and O–H groups in total. The summed E-state index contributed by atoms with van der Waals surface area (Å²) in [5.41, 5.74) is 0.647. The number of hydrogen-bond donors (Lipinski definition) is 1. The first-order valence-electron chi connectivity index (χ1n) is 3.76. The maximum Gasteiger partial charge on any atom is 0.277 e. The van der Waals surface area contributed by atoms with Crippen molar-refractivity contribution in [3.05, 3.63) is 23.8 Å². The van der Waals surface area contributed by atoms with E-state index in [2.05, 4.69) is 0 Å². The molecule has 5 heteroatoms. The molecule has 1 aliphatic carbocycles. The van der Waals surface area contributed by atoms with Crippen LogP contribution in [0.2, 0.25) is 0 Å². The van der Waals surface area contributed by atoms with Crippen LogP contribution >= 0.6 is 0 Å². The molecule has 0 saturated carbocycles. The molecular formula is C8H11FO3S. The lowest BCUT2D eigenvalue weighted by Crippen LogP contribution is -2.42. The first-order chi connectivity index (χ1) is 5.77. The van der Waals surface area contributed by atoms with E-state index >= 15 is 0 Å². The van der Waals surface area contributed by atoms with Gasteiger partial charge < -0.3 is 0 Å². The zero-order chi connectivity index (χ0) is 10.3. The van der Waals surface area contributed by atoms with Crippen LogP contribution in [-0.4, -0.2) is 23.9 Å². The minimum absolute atomic E-state index is 0.647. The van der Waals surface area contributed by atoms with Crippen LogP contribution in [0, 0.1) is 0 Å². The molecule has 13 heavy (non-hydrogen) atoms. The Kier molecular flexibility index (Phi) is 2.34. The van der Waals surface area contributed by atoms with Gasteiger partial charge in [-0.25, -0.2) is 4.39 Å². The number of halogens is 1. The van der Waals surface area contributed by atoms with Crippen molar-refractivity contribution >= 4 is 10.1 Å². The Morgan fingerprint density at radius 1 is 1.62 bits per heavy atom. The van der Waals surface area contributed by atoms with E-state index in [0.29, 0.717) is 5.57 Å². The predicted octanol–water partition coefficient (Wildman–Crippen LogP) is 1.49. The van der Waals surface area contributed by atoms with E-state index < -0.39 is 21.0 Å². The number of rotatable bonds is 1. The van der Waals surface area contributed by atoms with Gasteiger partial charge in [-0.05, 0) is 19.9 Å². The SMILES string of the molecule is CC1=CC(F)C(C)(S(=O)(=O)O)C=C1. The zero-order valence-corrected chi connectivity index (χ0v) is 8.18. The molecule has 3 nitrogen and oxygen atoms in total. The van der Waals surface area contributed by atoms with Crippen LogP contribution < -0.4 is 0 Å². The third-order valence-electron chi connectivity index (χ3n) is 2.19. The summed E-state index contributed by atoms with van der Waals surface area (Å²) in [6, 6.07) is 0. The van der Waals surface area contributed by atoms with Crippen molar-refractivity contribution in [1.29, 1.82) is 0 Å². The molecule has 0 radical (unpaired) electrons. The predicted molar refractivity (Wildman–Crippen MR) is 47.7 cm³/mol. The van der Waals surface area contributed by atoms with Crippen LogP contribution in [0.5, 0.6) is 0 Å². The fourth-order valence-corrected chi connectivity index (χ4v) is 1.66. The van der Waals surface area contributed by atoms with Crippen molar-refractivity contribution < 1.29 is 17.4 Å². The van der Waals surface area contributed by atoms with Gasteiger partial charge in [-0.3, -0.25) is 4.55 Å². The van der Waals surface area contributed by atoms with E-state index in [1.165, 1.54) is 18.2 Å². The van der Waals surface area contributed by atoms with Gasteiger partial charge >= 0.3 is 0 Å². The summed E-state index contributed by atoms with van der Waals surface area (Å²) in [5.74, 6) is 0. The second-order valence-electron chi connectivity index (χ2n) is 3.30. The Bertz CT molecular complexity index is 369. The molecule has 0 bridgehead atoms. The molecule has 0 saturated heterocycles. The molecule has 74 valence electrons. The Labute approximate surface area is 76.7 Å². The topological polar surface area (TPSA) is 54.4 Å². The molecule has 0 aliphatic heterocycles. The highest BCUT2D eigenvalue weighted by Gasteiger charge is 2.44. The summed E-state index contributed by atoms with van der Waals surface area (Å²) in [4.78, 5) is 0. The Hall–Kier alpha value is -0.680. The van der Waals surface area contributed by atoms with E-state index in [9.17, 15) is 12.8 Å². The van der Waals surface area contributed by atoms with Crippen molar-refractivity contribution in [2.75, 3.05) is 0 Å². The van der Waals surface area contributed by atoms with Crippen LogP contribution in [0.25, 0.3) is 0 Å². The van der Waals surface area contributed by atoms with Gasteiger partial charge in [-0.1, -0.05) is 17.7 Å². The maximum absolute atomic E-state index is 13.3. The van der Waals surface area contributed by atoms with Gasteiger partial charge in [0.1, 0.15) is 10.9 Å². The highest BCUT2D eigenvalue weighted by Crippen LogP contribution is 2.30. The molecule has 0 heterocycles. The van der Waals surface area contributed by atoms with E-state index in [1.54, 1.807) is 6.92 Å². The van der Waals surface area contributed by atoms with Gasteiger partial charge in [-0.2, -0.15) is 8.42 Å². The Morgan fingerprint density at radius 2 is 2.15 bits per heavy atom. The standard InChI is InChI=1S/C8H11FO3S/c1-6-3-4-8(2,7(9)5-6)13(10,11)12/h3-5,7H,1-2H3,(H,10,11,12). The summed E-state index contributed by atoms with van der Waals surface area (Å²) in [6.07, 6.45) is 2.12. The Morgan fingerprint density at radius 3 is 2.54 bits per heavy atom. The fourth-order valence-electron chi connectivity index (χ4n) is 1.07. The van der Waals surface area contributed by atoms with Gasteiger partial charge in [0.05, 0.1) is 0 Å². The molecule has 2 atom stereocenters. The normalized spacial score (nSPS) is 34.5. The molecular weight excluding hydrogens is 195 g/mol. The van der Waals surface area contributed by atoms with Crippen molar-refractivity contribution in [3.8, 4) is 0 Å². The lowest BCUT2D eigenvalue weighted by Gasteiger charge is -2.27. The van der Waals surface area contributed by atoms with Gasteiger partial charge in [0, 0.05) is 0 Å². The minimum atomic E-state index is -4.40. The minimum Gasteiger partial charge on any atom is -0.285 e. The molecule has 0 amide bonds. The average Bonchev–Trinajstić information content (AvgIpc) is 1.95. The van der Waals surface area contributed by atoms with E-state index in [4.69, 9.17) is 4.55 Å². The van der Waals surface area contributed by atoms with Crippen LogP contribution in [0.4, 0.5) is 4.39 Å². The lowest BCUT2D eigenvalue weighted by atomic mass is 9.96. The summed E-state index contributed by atoms with van der Waals surface area (Å²) in [7, 11) is -4.40. The number of alkyl halides is 1. The van der Waals surface area contributed by atoms with Crippen molar-refractivity contribution in [2.24, 2.45) is 0 Å². The first kappa shape index (κ1) is 10.4. The lowest BCUT2D eigenvalue weighted by molar-refractivity contribution is 0.324. The first-order valence-corrected chi connectivity index (χ1v) is 5.20. The number of allylic oxidation sites excluding steroid dienone is 3. The van der Waals surface area contributed by atoms with Crippen LogP contribution in [0.3, 0.4) is 0 Å². The summed E-state index contributed by atoms with van der Waals surface area (Å²) in [6.45, 7) is 2.80. The fraction of sp³-hybridized carbons (Fsp3) is 0.500. The van der Waals surface area contributed by atoms with E-state index in [0.717, 1.165) is 6.92 Å². The second-order valence-corrected chi connectivity index (χ2v) is 5.13. The highest BCUT2D eigenvalue weighted by molar-refractivity contribution is 7.87. The number of hydrogen-bond acceptors (Lipinski definition) is 2.